The second-order valence-corrected chi connectivity index (χ2v) is 5.73. The van der Waals surface area contributed by atoms with Crippen molar-refractivity contribution in [1.82, 2.24) is 0 Å². The molecule has 0 aromatic heterocycles. The molecule has 2 aromatic rings. The minimum Gasteiger partial charge on any atom is -0.494 e. The van der Waals surface area contributed by atoms with Crippen LogP contribution in [-0.2, 0) is 6.54 Å². The molecule has 2 nitrogen and oxygen atoms in total. The van der Waals surface area contributed by atoms with E-state index >= 15 is 0 Å². The topological polar surface area (TPSA) is 21.3 Å². The zero-order valence-electron chi connectivity index (χ0n) is 10.5. The third-order valence-corrected chi connectivity index (χ3v) is 3.79. The largest absolute Gasteiger partial charge is 0.494 e. The maximum Gasteiger partial charge on any atom is 0.156 e. The van der Waals surface area contributed by atoms with E-state index in [1.807, 2.05) is 6.07 Å². The lowest BCUT2D eigenvalue weighted by Crippen LogP contribution is -2.00. The predicted molar refractivity (Wildman–Crippen MR) is 86.8 cm³/mol. The number of hydrogen-bond donors (Lipinski definition) is 1. The number of methoxy groups -OCH3 is 1. The summed E-state index contributed by atoms with van der Waals surface area (Å²) in [4.78, 5) is 0. The van der Waals surface area contributed by atoms with Crippen LogP contribution in [-0.4, -0.2) is 7.11 Å². The Hall–Kier alpha value is -0.800. The van der Waals surface area contributed by atoms with Crippen LogP contribution < -0.4 is 10.1 Å². The summed E-state index contributed by atoms with van der Waals surface area (Å²) in [6.45, 7) is 0.533. The van der Waals surface area contributed by atoms with Gasteiger partial charge in [0.2, 0.25) is 0 Å². The van der Waals surface area contributed by atoms with Crippen LogP contribution in [0.4, 0.5) is 5.69 Å². The van der Waals surface area contributed by atoms with Crippen molar-refractivity contribution in [3.8, 4) is 5.75 Å². The summed E-state index contributed by atoms with van der Waals surface area (Å²) < 4.78 is 5.11. The fourth-order valence-corrected chi connectivity index (χ4v) is 2.90. The number of halogens is 4. The van der Waals surface area contributed by atoms with Crippen LogP contribution in [0.2, 0.25) is 20.1 Å². The summed E-state index contributed by atoms with van der Waals surface area (Å²) in [5, 5.41) is 5.29. The van der Waals surface area contributed by atoms with Crippen LogP contribution in [0.3, 0.4) is 0 Å². The maximum atomic E-state index is 6.09. The molecule has 0 saturated carbocycles. The Morgan fingerprint density at radius 2 is 1.60 bits per heavy atom. The summed E-state index contributed by atoms with van der Waals surface area (Å²) in [6.07, 6.45) is 0. The van der Waals surface area contributed by atoms with Gasteiger partial charge in [-0.25, -0.2) is 0 Å². The van der Waals surface area contributed by atoms with Crippen LogP contribution in [0.15, 0.2) is 30.3 Å². The first kappa shape index (κ1) is 15.6. The molecule has 0 radical (unpaired) electrons. The lowest BCUT2D eigenvalue weighted by atomic mass is 10.2. The van der Waals surface area contributed by atoms with E-state index in [1.54, 1.807) is 24.3 Å². The fourth-order valence-electron chi connectivity index (χ4n) is 1.74. The molecule has 0 spiro atoms. The van der Waals surface area contributed by atoms with Gasteiger partial charge in [-0.2, -0.15) is 0 Å². The first-order valence-corrected chi connectivity index (χ1v) is 7.23. The van der Waals surface area contributed by atoms with Crippen molar-refractivity contribution in [2.45, 2.75) is 6.54 Å². The summed E-state index contributed by atoms with van der Waals surface area (Å²) in [5.74, 6) is 0.474. The minimum atomic E-state index is 0.471. The molecule has 0 heterocycles. The Kier molecular flexibility index (Phi) is 5.28. The molecule has 1 N–H and O–H groups in total. The van der Waals surface area contributed by atoms with Gasteiger partial charge < -0.3 is 10.1 Å². The molecular weight excluding hydrogens is 340 g/mol. The molecule has 0 bridgehead atoms. The van der Waals surface area contributed by atoms with E-state index in [1.165, 1.54) is 7.11 Å². The van der Waals surface area contributed by atoms with Gasteiger partial charge >= 0.3 is 0 Å². The highest BCUT2D eigenvalue weighted by Crippen LogP contribution is 2.34. The second kappa shape index (κ2) is 6.77. The number of anilines is 1. The lowest BCUT2D eigenvalue weighted by molar-refractivity contribution is 0.415. The molecule has 0 fully saturated rings. The Morgan fingerprint density at radius 1 is 0.950 bits per heavy atom. The zero-order chi connectivity index (χ0) is 14.7. The Labute approximate surface area is 137 Å². The van der Waals surface area contributed by atoms with Gasteiger partial charge in [-0.05, 0) is 35.9 Å². The Morgan fingerprint density at radius 3 is 2.15 bits per heavy atom. The highest BCUT2D eigenvalue weighted by atomic mass is 35.5. The zero-order valence-corrected chi connectivity index (χ0v) is 13.5. The first-order chi connectivity index (χ1) is 9.51. The van der Waals surface area contributed by atoms with E-state index in [4.69, 9.17) is 51.1 Å². The monoisotopic (exact) mass is 349 g/mol. The van der Waals surface area contributed by atoms with Crippen molar-refractivity contribution in [1.29, 1.82) is 0 Å². The van der Waals surface area contributed by atoms with Gasteiger partial charge in [0.1, 0.15) is 0 Å². The van der Waals surface area contributed by atoms with E-state index in [0.717, 1.165) is 11.3 Å². The fraction of sp³-hybridized carbons (Fsp3) is 0.143. The van der Waals surface area contributed by atoms with Crippen LogP contribution in [0.5, 0.6) is 5.75 Å². The maximum absolute atomic E-state index is 6.09. The van der Waals surface area contributed by atoms with Gasteiger partial charge in [0, 0.05) is 11.6 Å². The van der Waals surface area contributed by atoms with Crippen molar-refractivity contribution in [2.24, 2.45) is 0 Å². The standard InChI is InChI=1S/C14H11Cl4NO/c1-20-14-11(17)4-8(5-12(14)18)7-19-13-3-2-9(15)6-10(13)16/h2-6,19H,7H2,1H3. The summed E-state index contributed by atoms with van der Waals surface area (Å²) >= 11 is 24.1. The van der Waals surface area contributed by atoms with Gasteiger partial charge in [-0.1, -0.05) is 46.4 Å². The molecule has 2 rings (SSSR count). The molecular formula is C14H11Cl4NO. The Balaban J connectivity index is 2.15. The Bertz CT molecular complexity index is 608. The van der Waals surface area contributed by atoms with Crippen LogP contribution in [0.1, 0.15) is 5.56 Å². The van der Waals surface area contributed by atoms with Gasteiger partial charge in [0.05, 0.1) is 27.9 Å². The van der Waals surface area contributed by atoms with E-state index in [2.05, 4.69) is 5.32 Å². The number of hydrogen-bond acceptors (Lipinski definition) is 2. The molecule has 0 aliphatic heterocycles. The lowest BCUT2D eigenvalue weighted by Gasteiger charge is -2.11. The van der Waals surface area contributed by atoms with Crippen LogP contribution in [0.25, 0.3) is 0 Å². The number of benzene rings is 2. The van der Waals surface area contributed by atoms with Crippen molar-refractivity contribution in [3.63, 3.8) is 0 Å². The van der Waals surface area contributed by atoms with Crippen LogP contribution in [0, 0.1) is 0 Å². The molecule has 0 aliphatic carbocycles. The highest BCUT2D eigenvalue weighted by molar-refractivity contribution is 6.37. The minimum absolute atomic E-state index is 0.471. The van der Waals surface area contributed by atoms with Crippen molar-refractivity contribution < 1.29 is 4.74 Å². The van der Waals surface area contributed by atoms with Gasteiger partial charge in [-0.3, -0.25) is 0 Å². The third kappa shape index (κ3) is 3.64. The molecule has 0 atom stereocenters. The van der Waals surface area contributed by atoms with E-state index in [-0.39, 0.29) is 0 Å². The van der Waals surface area contributed by atoms with Crippen LogP contribution >= 0.6 is 46.4 Å². The third-order valence-electron chi connectivity index (χ3n) is 2.68. The van der Waals surface area contributed by atoms with E-state index in [9.17, 15) is 0 Å². The average Bonchev–Trinajstić information content (AvgIpc) is 2.37. The van der Waals surface area contributed by atoms with Gasteiger partial charge in [0.25, 0.3) is 0 Å². The molecule has 106 valence electrons. The molecule has 0 saturated heterocycles. The van der Waals surface area contributed by atoms with E-state index in [0.29, 0.717) is 32.4 Å². The van der Waals surface area contributed by atoms with E-state index < -0.39 is 0 Å². The number of nitrogens with one attached hydrogen (secondary N) is 1. The normalized spacial score (nSPS) is 10.4. The average molecular weight is 351 g/mol. The molecule has 20 heavy (non-hydrogen) atoms. The molecule has 0 unspecified atom stereocenters. The predicted octanol–water partition coefficient (Wildman–Crippen LogP) is 5.92. The highest BCUT2D eigenvalue weighted by Gasteiger charge is 2.09. The molecule has 2 aromatic carbocycles. The summed E-state index contributed by atoms with van der Waals surface area (Å²) in [5.41, 5.74) is 1.71. The summed E-state index contributed by atoms with van der Waals surface area (Å²) in [7, 11) is 1.53. The van der Waals surface area contributed by atoms with Crippen molar-refractivity contribution >= 4 is 52.1 Å². The molecule has 6 heteroatoms. The summed E-state index contributed by atoms with van der Waals surface area (Å²) in [6, 6.07) is 8.85. The van der Waals surface area contributed by atoms with Gasteiger partial charge in [-0.15, -0.1) is 0 Å². The number of ether oxygens (including phenoxy) is 1. The second-order valence-electron chi connectivity index (χ2n) is 4.07. The smallest absolute Gasteiger partial charge is 0.156 e. The van der Waals surface area contributed by atoms with Gasteiger partial charge in [0.15, 0.2) is 5.75 Å². The number of rotatable bonds is 4. The SMILES string of the molecule is COc1c(Cl)cc(CNc2ccc(Cl)cc2Cl)cc1Cl. The van der Waals surface area contributed by atoms with Crippen molar-refractivity contribution in [2.75, 3.05) is 12.4 Å². The molecule has 0 amide bonds. The van der Waals surface area contributed by atoms with Crippen molar-refractivity contribution in [3.05, 3.63) is 56.0 Å². The molecule has 0 aliphatic rings. The first-order valence-electron chi connectivity index (χ1n) is 5.72. The quantitative estimate of drug-likeness (QED) is 0.738.